The van der Waals surface area contributed by atoms with E-state index in [0.29, 0.717) is 42.0 Å². The van der Waals surface area contributed by atoms with Gasteiger partial charge in [-0.1, -0.05) is 16.4 Å². The van der Waals surface area contributed by atoms with Crippen LogP contribution in [0.5, 0.6) is 0 Å². The third-order valence-electron chi connectivity index (χ3n) is 5.19. The van der Waals surface area contributed by atoms with Crippen LogP contribution in [-0.2, 0) is 16.1 Å². The van der Waals surface area contributed by atoms with Crippen molar-refractivity contribution in [1.29, 1.82) is 0 Å². The third kappa shape index (κ3) is 3.83. The lowest BCUT2D eigenvalue weighted by atomic mass is 10.0. The van der Waals surface area contributed by atoms with Crippen LogP contribution in [-0.4, -0.2) is 50.5 Å². The molecule has 9 nitrogen and oxygen atoms in total. The molecule has 0 radical (unpaired) electrons. The number of hydrogen-bond acceptors (Lipinski definition) is 7. The number of carbonyl (C=O) groups is 1. The van der Waals surface area contributed by atoms with Gasteiger partial charge in [-0.2, -0.15) is 0 Å². The Hall–Kier alpha value is -3.82. The van der Waals surface area contributed by atoms with Gasteiger partial charge in [-0.25, -0.2) is 13.9 Å². The van der Waals surface area contributed by atoms with Gasteiger partial charge in [0, 0.05) is 29.9 Å². The largest absolute Gasteiger partial charge is 0.442 e. The lowest BCUT2D eigenvalue weighted by molar-refractivity contribution is 0.0995. The van der Waals surface area contributed by atoms with Gasteiger partial charge in [-0.15, -0.1) is 5.10 Å². The van der Waals surface area contributed by atoms with Crippen molar-refractivity contribution in [3.05, 3.63) is 60.4 Å². The molecule has 5 rings (SSSR count). The van der Waals surface area contributed by atoms with Gasteiger partial charge >= 0.3 is 6.09 Å². The lowest BCUT2D eigenvalue weighted by Crippen LogP contribution is -2.26. The summed E-state index contributed by atoms with van der Waals surface area (Å²) in [5.74, 6) is -0.449. The van der Waals surface area contributed by atoms with Crippen LogP contribution in [0.25, 0.3) is 11.1 Å². The summed E-state index contributed by atoms with van der Waals surface area (Å²) in [5.41, 5.74) is 2.95. The average Bonchev–Trinajstić information content (AvgIpc) is 3.51. The van der Waals surface area contributed by atoms with Gasteiger partial charge in [0.15, 0.2) is 0 Å². The first-order valence-electron chi connectivity index (χ1n) is 9.88. The van der Waals surface area contributed by atoms with Crippen molar-refractivity contribution in [3.8, 4) is 11.1 Å². The smallest absolute Gasteiger partial charge is 0.414 e. The Morgan fingerprint density at radius 3 is 2.84 bits per heavy atom. The molecule has 0 N–H and O–H groups in total. The number of ether oxygens (including phenoxy) is 1. The molecular weight excluding hydrogens is 403 g/mol. The number of halogens is 1. The molecule has 2 atom stereocenters. The Kier molecular flexibility index (Phi) is 4.81. The van der Waals surface area contributed by atoms with Crippen molar-refractivity contribution in [2.75, 3.05) is 11.4 Å². The summed E-state index contributed by atoms with van der Waals surface area (Å²) in [7, 11) is 0. The number of cyclic esters (lactones) is 1. The van der Waals surface area contributed by atoms with Crippen LogP contribution in [0.4, 0.5) is 14.9 Å². The Morgan fingerprint density at radius 1 is 1.26 bits per heavy atom. The molecule has 31 heavy (non-hydrogen) atoms. The minimum absolute atomic E-state index is 0.0366. The van der Waals surface area contributed by atoms with E-state index in [9.17, 15) is 9.18 Å². The molecule has 1 amide bonds. The number of nitrogens with zero attached hydrogens (tertiary/aromatic N) is 6. The van der Waals surface area contributed by atoms with E-state index >= 15 is 0 Å². The molecule has 0 spiro atoms. The highest BCUT2D eigenvalue weighted by Gasteiger charge is 2.33. The zero-order valence-electron chi connectivity index (χ0n) is 16.7. The fourth-order valence-electron chi connectivity index (χ4n) is 3.65. The van der Waals surface area contributed by atoms with E-state index < -0.39 is 11.9 Å². The van der Waals surface area contributed by atoms with Gasteiger partial charge in [0.1, 0.15) is 23.7 Å². The molecule has 0 aliphatic carbocycles. The SMILES string of the molecule is CC1CC(c2ccc(-c3ccc(N4CC(Cn5ccnn5)OC4=O)cc3F)cn2)=NO1. The van der Waals surface area contributed by atoms with Crippen LogP contribution in [0.2, 0.25) is 0 Å². The maximum absolute atomic E-state index is 14.9. The molecule has 158 valence electrons. The van der Waals surface area contributed by atoms with Crippen molar-refractivity contribution in [2.45, 2.75) is 32.1 Å². The summed E-state index contributed by atoms with van der Waals surface area (Å²) in [4.78, 5) is 23.3. The van der Waals surface area contributed by atoms with Crippen molar-refractivity contribution in [3.63, 3.8) is 0 Å². The fourth-order valence-corrected chi connectivity index (χ4v) is 3.65. The Morgan fingerprint density at radius 2 is 2.16 bits per heavy atom. The number of rotatable bonds is 5. The second kappa shape index (κ2) is 7.78. The molecular formula is C21H19FN6O3. The van der Waals surface area contributed by atoms with Gasteiger partial charge < -0.3 is 9.57 Å². The number of carbonyl (C=O) groups excluding carboxylic acids is 1. The number of benzene rings is 1. The van der Waals surface area contributed by atoms with Crippen LogP contribution in [0.3, 0.4) is 0 Å². The summed E-state index contributed by atoms with van der Waals surface area (Å²) in [6.07, 6.45) is 4.68. The number of oxime groups is 1. The zero-order chi connectivity index (χ0) is 21.4. The number of pyridine rings is 1. The maximum Gasteiger partial charge on any atom is 0.414 e. The zero-order valence-corrected chi connectivity index (χ0v) is 16.7. The van der Waals surface area contributed by atoms with Crippen molar-refractivity contribution < 1.29 is 18.8 Å². The van der Waals surface area contributed by atoms with Gasteiger partial charge in [-0.05, 0) is 31.2 Å². The molecule has 3 aromatic rings. The Labute approximate surface area is 177 Å². The van der Waals surface area contributed by atoms with Crippen molar-refractivity contribution >= 4 is 17.5 Å². The quantitative estimate of drug-likeness (QED) is 0.627. The summed E-state index contributed by atoms with van der Waals surface area (Å²) in [5, 5.41) is 11.6. The number of hydrogen-bond donors (Lipinski definition) is 0. The molecule has 2 aromatic heterocycles. The van der Waals surface area contributed by atoms with Crippen molar-refractivity contribution in [1.82, 2.24) is 20.0 Å². The fraction of sp³-hybridized carbons (Fsp3) is 0.286. The minimum Gasteiger partial charge on any atom is -0.442 e. The van der Waals surface area contributed by atoms with E-state index in [2.05, 4.69) is 20.5 Å². The second-order valence-corrected chi connectivity index (χ2v) is 7.50. The van der Waals surface area contributed by atoms with Gasteiger partial charge in [0.25, 0.3) is 0 Å². The Bertz CT molecular complexity index is 1130. The predicted octanol–water partition coefficient (Wildman–Crippen LogP) is 3.02. The number of aromatic nitrogens is 4. The standard InChI is InChI=1S/C21H19FN6O3/c1-13-8-20(25-31-13)19-5-2-14(10-23-19)17-4-3-15(9-18(17)22)28-12-16(30-21(28)29)11-27-7-6-24-26-27/h2-7,9-10,13,16H,8,11-12H2,1H3. The van der Waals surface area contributed by atoms with Crippen LogP contribution in [0.1, 0.15) is 19.0 Å². The molecule has 1 saturated heterocycles. The summed E-state index contributed by atoms with van der Waals surface area (Å²) in [6, 6.07) is 8.26. The molecule has 10 heteroatoms. The summed E-state index contributed by atoms with van der Waals surface area (Å²) in [6.45, 7) is 2.63. The highest BCUT2D eigenvalue weighted by atomic mass is 19.1. The summed E-state index contributed by atoms with van der Waals surface area (Å²) < 4.78 is 21.9. The molecule has 1 fully saturated rings. The van der Waals surface area contributed by atoms with Gasteiger partial charge in [-0.3, -0.25) is 9.88 Å². The van der Waals surface area contributed by atoms with Crippen LogP contribution in [0, 0.1) is 5.82 Å². The highest BCUT2D eigenvalue weighted by molar-refractivity contribution is 5.99. The van der Waals surface area contributed by atoms with Gasteiger partial charge in [0.2, 0.25) is 0 Å². The molecule has 2 unspecified atom stereocenters. The molecule has 0 bridgehead atoms. The first-order valence-corrected chi connectivity index (χ1v) is 9.88. The molecule has 4 heterocycles. The van der Waals surface area contributed by atoms with E-state index in [1.807, 2.05) is 6.92 Å². The number of amides is 1. The van der Waals surface area contributed by atoms with Crippen molar-refractivity contribution in [2.24, 2.45) is 5.16 Å². The maximum atomic E-state index is 14.9. The van der Waals surface area contributed by atoms with Crippen LogP contribution < -0.4 is 4.90 Å². The Balaban J connectivity index is 1.31. The van der Waals surface area contributed by atoms with E-state index in [1.165, 1.54) is 11.0 Å². The van der Waals surface area contributed by atoms with Crippen LogP contribution in [0.15, 0.2) is 54.1 Å². The normalized spacial score (nSPS) is 20.5. The lowest BCUT2D eigenvalue weighted by Gasteiger charge is -2.14. The third-order valence-corrected chi connectivity index (χ3v) is 5.19. The molecule has 2 aliphatic heterocycles. The van der Waals surface area contributed by atoms with E-state index in [0.717, 1.165) is 5.71 Å². The summed E-state index contributed by atoms with van der Waals surface area (Å²) >= 11 is 0. The monoisotopic (exact) mass is 422 g/mol. The van der Waals surface area contributed by atoms with E-state index in [-0.39, 0.29) is 12.2 Å². The number of anilines is 1. The predicted molar refractivity (Wildman–Crippen MR) is 109 cm³/mol. The van der Waals surface area contributed by atoms with E-state index in [1.54, 1.807) is 47.5 Å². The van der Waals surface area contributed by atoms with Gasteiger partial charge in [0.05, 0.1) is 30.7 Å². The topological polar surface area (TPSA) is 94.7 Å². The highest BCUT2D eigenvalue weighted by Crippen LogP contribution is 2.29. The first-order chi connectivity index (χ1) is 15.1. The van der Waals surface area contributed by atoms with Crippen LogP contribution >= 0.6 is 0 Å². The molecule has 0 saturated carbocycles. The second-order valence-electron chi connectivity index (χ2n) is 7.50. The first kappa shape index (κ1) is 19.2. The molecule has 1 aromatic carbocycles. The van der Waals surface area contributed by atoms with E-state index in [4.69, 9.17) is 9.57 Å². The minimum atomic E-state index is -0.517. The molecule has 2 aliphatic rings. The average molecular weight is 422 g/mol.